The summed E-state index contributed by atoms with van der Waals surface area (Å²) in [6.07, 6.45) is 4.53. The fourth-order valence-corrected chi connectivity index (χ4v) is 3.64. The first-order valence-corrected chi connectivity index (χ1v) is 7.61. The number of rotatable bonds is 4. The third kappa shape index (κ3) is 2.98. The quantitative estimate of drug-likeness (QED) is 0.930. The van der Waals surface area contributed by atoms with Crippen molar-refractivity contribution in [2.45, 2.75) is 36.9 Å². The van der Waals surface area contributed by atoms with Gasteiger partial charge in [0.25, 0.3) is 0 Å². The predicted octanol–water partition coefficient (Wildman–Crippen LogP) is 2.49. The summed E-state index contributed by atoms with van der Waals surface area (Å²) in [7, 11) is 0. The molecule has 0 radical (unpaired) electrons. The van der Waals surface area contributed by atoms with E-state index in [4.69, 9.17) is 0 Å². The largest absolute Gasteiger partial charge is 0.306 e. The molecule has 100 valence electrons. The SMILES string of the molecule is CC(Cn1cncn1)NC1CCSc2ccccc21. The van der Waals surface area contributed by atoms with Gasteiger partial charge in [-0.15, -0.1) is 11.8 Å². The van der Waals surface area contributed by atoms with Crippen molar-refractivity contribution >= 4 is 11.8 Å². The van der Waals surface area contributed by atoms with E-state index in [1.807, 2.05) is 16.4 Å². The van der Waals surface area contributed by atoms with E-state index in [1.165, 1.54) is 22.6 Å². The Kier molecular flexibility index (Phi) is 3.84. The molecule has 0 aliphatic carbocycles. The molecular weight excluding hydrogens is 256 g/mol. The highest BCUT2D eigenvalue weighted by molar-refractivity contribution is 7.99. The van der Waals surface area contributed by atoms with E-state index in [-0.39, 0.29) is 0 Å². The van der Waals surface area contributed by atoms with Crippen LogP contribution in [-0.2, 0) is 6.54 Å². The zero-order valence-corrected chi connectivity index (χ0v) is 11.8. The van der Waals surface area contributed by atoms with Gasteiger partial charge in [0.15, 0.2) is 0 Å². The molecule has 0 bridgehead atoms. The van der Waals surface area contributed by atoms with Crippen molar-refractivity contribution in [3.8, 4) is 0 Å². The van der Waals surface area contributed by atoms with Crippen LogP contribution in [0.4, 0.5) is 0 Å². The lowest BCUT2D eigenvalue weighted by molar-refractivity contribution is 0.389. The van der Waals surface area contributed by atoms with E-state index < -0.39 is 0 Å². The van der Waals surface area contributed by atoms with Gasteiger partial charge in [-0.2, -0.15) is 5.10 Å². The van der Waals surface area contributed by atoms with Gasteiger partial charge < -0.3 is 5.32 Å². The first kappa shape index (κ1) is 12.7. The van der Waals surface area contributed by atoms with E-state index in [0.717, 1.165) is 6.54 Å². The molecular formula is C14H18N4S. The lowest BCUT2D eigenvalue weighted by Gasteiger charge is -2.28. The standard InChI is InChI=1S/C14H18N4S/c1-11(8-18-10-15-9-16-18)17-13-6-7-19-14-5-3-2-4-12(13)14/h2-5,9-11,13,17H,6-8H2,1H3. The van der Waals surface area contributed by atoms with Crippen LogP contribution >= 0.6 is 11.8 Å². The molecule has 0 fully saturated rings. The third-order valence-electron chi connectivity index (χ3n) is 3.37. The number of benzene rings is 1. The molecule has 1 aliphatic heterocycles. The minimum Gasteiger partial charge on any atom is -0.306 e. The van der Waals surface area contributed by atoms with Gasteiger partial charge in [0, 0.05) is 17.0 Å². The van der Waals surface area contributed by atoms with Gasteiger partial charge in [-0.25, -0.2) is 4.98 Å². The van der Waals surface area contributed by atoms with Crippen LogP contribution in [0.2, 0.25) is 0 Å². The monoisotopic (exact) mass is 274 g/mol. The maximum Gasteiger partial charge on any atom is 0.137 e. The molecule has 1 aromatic heterocycles. The van der Waals surface area contributed by atoms with Crippen LogP contribution in [-0.4, -0.2) is 26.6 Å². The van der Waals surface area contributed by atoms with Gasteiger partial charge in [-0.3, -0.25) is 4.68 Å². The smallest absolute Gasteiger partial charge is 0.137 e. The van der Waals surface area contributed by atoms with E-state index in [2.05, 4.69) is 46.6 Å². The maximum atomic E-state index is 4.16. The molecule has 0 amide bonds. The Hall–Kier alpha value is -1.33. The first-order chi connectivity index (χ1) is 9.33. The summed E-state index contributed by atoms with van der Waals surface area (Å²) in [6.45, 7) is 3.05. The van der Waals surface area contributed by atoms with Gasteiger partial charge in [0.05, 0.1) is 6.54 Å². The van der Waals surface area contributed by atoms with Gasteiger partial charge in [0.1, 0.15) is 12.7 Å². The molecule has 0 saturated carbocycles. The molecule has 0 spiro atoms. The fraction of sp³-hybridized carbons (Fsp3) is 0.429. The third-order valence-corrected chi connectivity index (χ3v) is 4.49. The first-order valence-electron chi connectivity index (χ1n) is 6.63. The Balaban J connectivity index is 1.67. The van der Waals surface area contributed by atoms with Gasteiger partial charge in [-0.05, 0) is 30.7 Å². The number of thioether (sulfide) groups is 1. The minimum atomic E-state index is 0.378. The summed E-state index contributed by atoms with van der Waals surface area (Å²) in [5, 5.41) is 7.87. The molecule has 4 nitrogen and oxygen atoms in total. The Morgan fingerprint density at radius 3 is 3.21 bits per heavy atom. The molecule has 0 saturated heterocycles. The lowest BCUT2D eigenvalue weighted by atomic mass is 10.0. The second-order valence-electron chi connectivity index (χ2n) is 4.91. The molecule has 1 N–H and O–H groups in total. The minimum absolute atomic E-state index is 0.378. The Morgan fingerprint density at radius 1 is 1.47 bits per heavy atom. The maximum absolute atomic E-state index is 4.16. The summed E-state index contributed by atoms with van der Waals surface area (Å²) >= 11 is 1.96. The number of nitrogens with zero attached hydrogens (tertiary/aromatic N) is 3. The highest BCUT2D eigenvalue weighted by Crippen LogP contribution is 2.35. The number of nitrogens with one attached hydrogen (secondary N) is 1. The average molecular weight is 274 g/mol. The summed E-state index contributed by atoms with van der Waals surface area (Å²) in [5.41, 5.74) is 1.43. The van der Waals surface area contributed by atoms with E-state index in [9.17, 15) is 0 Å². The van der Waals surface area contributed by atoms with E-state index in [0.29, 0.717) is 12.1 Å². The van der Waals surface area contributed by atoms with Gasteiger partial charge in [-0.1, -0.05) is 18.2 Å². The predicted molar refractivity (Wildman–Crippen MR) is 77.1 cm³/mol. The second kappa shape index (κ2) is 5.75. The highest BCUT2D eigenvalue weighted by Gasteiger charge is 2.21. The zero-order chi connectivity index (χ0) is 13.1. The summed E-state index contributed by atoms with van der Waals surface area (Å²) in [4.78, 5) is 5.39. The van der Waals surface area contributed by atoms with Crippen LogP contribution in [0, 0.1) is 0 Å². The number of hydrogen-bond acceptors (Lipinski definition) is 4. The van der Waals surface area contributed by atoms with Crippen molar-refractivity contribution in [1.29, 1.82) is 0 Å². The number of fused-ring (bicyclic) bond motifs is 1. The second-order valence-corrected chi connectivity index (χ2v) is 6.05. The molecule has 19 heavy (non-hydrogen) atoms. The Labute approximate surface area is 117 Å². The molecule has 1 aromatic carbocycles. The molecule has 5 heteroatoms. The molecule has 1 aliphatic rings. The zero-order valence-electron chi connectivity index (χ0n) is 11.0. The van der Waals surface area contributed by atoms with Gasteiger partial charge in [0.2, 0.25) is 0 Å². The van der Waals surface area contributed by atoms with Crippen LogP contribution in [0.1, 0.15) is 24.9 Å². The molecule has 3 rings (SSSR count). The van der Waals surface area contributed by atoms with E-state index >= 15 is 0 Å². The van der Waals surface area contributed by atoms with Crippen molar-refractivity contribution in [2.24, 2.45) is 0 Å². The number of hydrogen-bond donors (Lipinski definition) is 1. The summed E-state index contributed by atoms with van der Waals surface area (Å²) in [6, 6.07) is 9.53. The average Bonchev–Trinajstić information content (AvgIpc) is 2.92. The van der Waals surface area contributed by atoms with Crippen molar-refractivity contribution in [1.82, 2.24) is 20.1 Å². The van der Waals surface area contributed by atoms with Crippen LogP contribution in [0.15, 0.2) is 41.8 Å². The topological polar surface area (TPSA) is 42.7 Å². The van der Waals surface area contributed by atoms with E-state index in [1.54, 1.807) is 12.7 Å². The van der Waals surface area contributed by atoms with Crippen LogP contribution < -0.4 is 5.32 Å². The lowest BCUT2D eigenvalue weighted by Crippen LogP contribution is -2.35. The Bertz CT molecular complexity index is 526. The van der Waals surface area contributed by atoms with Crippen LogP contribution in [0.25, 0.3) is 0 Å². The van der Waals surface area contributed by atoms with Crippen LogP contribution in [0.5, 0.6) is 0 Å². The normalized spacial score (nSPS) is 19.9. The fourth-order valence-electron chi connectivity index (χ4n) is 2.52. The number of aromatic nitrogens is 3. The van der Waals surface area contributed by atoms with Gasteiger partial charge >= 0.3 is 0 Å². The van der Waals surface area contributed by atoms with Crippen molar-refractivity contribution in [2.75, 3.05) is 5.75 Å². The molecule has 2 atom stereocenters. The molecule has 2 unspecified atom stereocenters. The Morgan fingerprint density at radius 2 is 2.37 bits per heavy atom. The van der Waals surface area contributed by atoms with Crippen molar-refractivity contribution in [3.05, 3.63) is 42.5 Å². The van der Waals surface area contributed by atoms with Crippen molar-refractivity contribution in [3.63, 3.8) is 0 Å². The summed E-state index contributed by atoms with van der Waals surface area (Å²) < 4.78 is 1.88. The summed E-state index contributed by atoms with van der Waals surface area (Å²) in [5.74, 6) is 1.19. The van der Waals surface area contributed by atoms with Crippen molar-refractivity contribution < 1.29 is 0 Å². The molecule has 2 aromatic rings. The highest BCUT2D eigenvalue weighted by atomic mass is 32.2. The molecule has 2 heterocycles. The van der Waals surface area contributed by atoms with Crippen LogP contribution in [0.3, 0.4) is 0 Å².